The van der Waals surface area contributed by atoms with Gasteiger partial charge in [-0.25, -0.2) is 0 Å². The molecule has 1 nitrogen and oxygen atoms in total. The van der Waals surface area contributed by atoms with Gasteiger partial charge in [0.25, 0.3) is 0 Å². The molecule has 2 saturated carbocycles. The molecule has 0 bridgehead atoms. The topological polar surface area (TPSA) is 26.0 Å². The maximum absolute atomic E-state index is 5.64. The van der Waals surface area contributed by atoms with Crippen LogP contribution in [0.2, 0.25) is 0 Å². The molecule has 2 N–H and O–H groups in total. The van der Waals surface area contributed by atoms with E-state index in [1.807, 2.05) is 0 Å². The maximum Gasteiger partial charge on any atom is -0.00745 e. The van der Waals surface area contributed by atoms with E-state index in [-0.39, 0.29) is 0 Å². The van der Waals surface area contributed by atoms with E-state index >= 15 is 0 Å². The van der Waals surface area contributed by atoms with Crippen LogP contribution in [0.3, 0.4) is 0 Å². The lowest BCUT2D eigenvalue weighted by Crippen LogP contribution is -2.26. The Kier molecular flexibility index (Phi) is 2.69. The van der Waals surface area contributed by atoms with Crippen LogP contribution in [-0.4, -0.2) is 6.54 Å². The fourth-order valence-electron chi connectivity index (χ4n) is 3.47. The Morgan fingerprint density at radius 3 is 2.50 bits per heavy atom. The van der Waals surface area contributed by atoms with E-state index < -0.39 is 0 Å². The van der Waals surface area contributed by atoms with E-state index in [0.29, 0.717) is 0 Å². The summed E-state index contributed by atoms with van der Waals surface area (Å²) in [7, 11) is 0. The summed E-state index contributed by atoms with van der Waals surface area (Å²) in [4.78, 5) is 0. The smallest absolute Gasteiger partial charge is 0.00745 e. The van der Waals surface area contributed by atoms with Gasteiger partial charge in [0.1, 0.15) is 0 Å². The summed E-state index contributed by atoms with van der Waals surface area (Å²) in [6, 6.07) is 0. The zero-order chi connectivity index (χ0) is 8.39. The van der Waals surface area contributed by atoms with Gasteiger partial charge in [-0.05, 0) is 37.1 Å². The van der Waals surface area contributed by atoms with Gasteiger partial charge in [0.15, 0.2) is 0 Å². The van der Waals surface area contributed by atoms with Crippen LogP contribution in [0.1, 0.15) is 44.9 Å². The Labute approximate surface area is 75.7 Å². The Morgan fingerprint density at radius 1 is 1.00 bits per heavy atom. The van der Waals surface area contributed by atoms with E-state index in [4.69, 9.17) is 5.73 Å². The summed E-state index contributed by atoms with van der Waals surface area (Å²) in [5, 5.41) is 0. The molecule has 0 heterocycles. The molecular formula is C11H21N. The molecule has 12 heavy (non-hydrogen) atoms. The fourth-order valence-corrected chi connectivity index (χ4v) is 3.47. The molecule has 70 valence electrons. The summed E-state index contributed by atoms with van der Waals surface area (Å²) < 4.78 is 0. The van der Waals surface area contributed by atoms with E-state index in [0.717, 1.165) is 24.3 Å². The van der Waals surface area contributed by atoms with E-state index in [2.05, 4.69) is 0 Å². The van der Waals surface area contributed by atoms with Crippen LogP contribution in [0.25, 0.3) is 0 Å². The highest BCUT2D eigenvalue weighted by Crippen LogP contribution is 2.46. The van der Waals surface area contributed by atoms with Crippen molar-refractivity contribution in [1.82, 2.24) is 0 Å². The molecule has 0 aliphatic heterocycles. The zero-order valence-corrected chi connectivity index (χ0v) is 7.97. The van der Waals surface area contributed by atoms with Gasteiger partial charge in [0.2, 0.25) is 0 Å². The second kappa shape index (κ2) is 3.78. The van der Waals surface area contributed by atoms with Crippen LogP contribution in [0, 0.1) is 17.8 Å². The molecule has 0 radical (unpaired) electrons. The number of hydrogen-bond donors (Lipinski definition) is 1. The SMILES string of the molecule is NCCC1CCCC2CCCC12. The molecule has 2 aliphatic rings. The Bertz CT molecular complexity index is 142. The summed E-state index contributed by atoms with van der Waals surface area (Å²) in [6.07, 6.45) is 10.3. The van der Waals surface area contributed by atoms with Crippen molar-refractivity contribution in [3.8, 4) is 0 Å². The van der Waals surface area contributed by atoms with Crippen LogP contribution in [0.15, 0.2) is 0 Å². The Hall–Kier alpha value is -0.0400. The van der Waals surface area contributed by atoms with Crippen molar-refractivity contribution in [3.05, 3.63) is 0 Å². The van der Waals surface area contributed by atoms with Gasteiger partial charge in [-0.3, -0.25) is 0 Å². The number of hydrogen-bond acceptors (Lipinski definition) is 1. The van der Waals surface area contributed by atoms with Gasteiger partial charge in [-0.15, -0.1) is 0 Å². The molecule has 3 unspecified atom stereocenters. The normalized spacial score (nSPS) is 41.2. The number of nitrogens with two attached hydrogens (primary N) is 1. The highest BCUT2D eigenvalue weighted by molar-refractivity contribution is 4.86. The lowest BCUT2D eigenvalue weighted by Gasteiger charge is -2.33. The molecule has 2 fully saturated rings. The van der Waals surface area contributed by atoms with Crippen LogP contribution in [0.4, 0.5) is 0 Å². The average Bonchev–Trinajstić information content (AvgIpc) is 2.53. The van der Waals surface area contributed by atoms with Gasteiger partial charge in [0.05, 0.1) is 0 Å². The molecule has 0 saturated heterocycles. The largest absolute Gasteiger partial charge is 0.330 e. The first-order chi connectivity index (χ1) is 5.92. The van der Waals surface area contributed by atoms with Gasteiger partial charge in [0, 0.05) is 0 Å². The minimum atomic E-state index is 0.911. The predicted molar refractivity (Wildman–Crippen MR) is 51.8 cm³/mol. The third-order valence-electron chi connectivity index (χ3n) is 4.01. The monoisotopic (exact) mass is 167 g/mol. The van der Waals surface area contributed by atoms with Gasteiger partial charge < -0.3 is 5.73 Å². The van der Waals surface area contributed by atoms with Gasteiger partial charge >= 0.3 is 0 Å². The minimum absolute atomic E-state index is 0.911. The quantitative estimate of drug-likeness (QED) is 0.672. The summed E-state index contributed by atoms with van der Waals surface area (Å²) in [5.74, 6) is 3.16. The second-order valence-electron chi connectivity index (χ2n) is 4.62. The average molecular weight is 167 g/mol. The molecule has 2 rings (SSSR count). The highest BCUT2D eigenvalue weighted by Gasteiger charge is 2.35. The first kappa shape index (κ1) is 8.55. The third-order valence-corrected chi connectivity index (χ3v) is 4.01. The standard InChI is InChI=1S/C11H21N/c12-8-7-10-4-1-3-9-5-2-6-11(9)10/h9-11H,1-8,12H2. The highest BCUT2D eigenvalue weighted by atomic mass is 14.5. The van der Waals surface area contributed by atoms with Crippen LogP contribution in [0.5, 0.6) is 0 Å². The molecular weight excluding hydrogens is 146 g/mol. The van der Waals surface area contributed by atoms with E-state index in [1.54, 1.807) is 0 Å². The number of rotatable bonds is 2. The first-order valence-corrected chi connectivity index (χ1v) is 5.62. The van der Waals surface area contributed by atoms with Crippen molar-refractivity contribution in [2.45, 2.75) is 44.9 Å². The van der Waals surface area contributed by atoms with Crippen LogP contribution in [-0.2, 0) is 0 Å². The van der Waals surface area contributed by atoms with Crippen molar-refractivity contribution in [2.24, 2.45) is 23.5 Å². The van der Waals surface area contributed by atoms with Gasteiger partial charge in [-0.2, -0.15) is 0 Å². The van der Waals surface area contributed by atoms with E-state index in [9.17, 15) is 0 Å². The molecule has 0 aromatic rings. The zero-order valence-electron chi connectivity index (χ0n) is 7.97. The summed E-state index contributed by atoms with van der Waals surface area (Å²) >= 11 is 0. The van der Waals surface area contributed by atoms with Crippen molar-refractivity contribution < 1.29 is 0 Å². The number of fused-ring (bicyclic) bond motifs is 1. The van der Waals surface area contributed by atoms with Gasteiger partial charge in [-0.1, -0.05) is 32.1 Å². The minimum Gasteiger partial charge on any atom is -0.330 e. The molecule has 0 amide bonds. The molecule has 0 aromatic carbocycles. The van der Waals surface area contributed by atoms with Crippen molar-refractivity contribution in [1.29, 1.82) is 0 Å². The van der Waals surface area contributed by atoms with Crippen LogP contribution < -0.4 is 5.73 Å². The van der Waals surface area contributed by atoms with E-state index in [1.165, 1.54) is 44.9 Å². The molecule has 1 heteroatoms. The Balaban J connectivity index is 1.94. The summed E-state index contributed by atoms with van der Waals surface area (Å²) in [6.45, 7) is 0.911. The fraction of sp³-hybridized carbons (Fsp3) is 1.00. The molecule has 3 atom stereocenters. The van der Waals surface area contributed by atoms with Crippen LogP contribution >= 0.6 is 0 Å². The third kappa shape index (κ3) is 1.52. The maximum atomic E-state index is 5.64. The molecule has 0 aromatic heterocycles. The lowest BCUT2D eigenvalue weighted by molar-refractivity contribution is 0.174. The summed E-state index contributed by atoms with van der Waals surface area (Å²) in [5.41, 5.74) is 5.64. The lowest BCUT2D eigenvalue weighted by atomic mass is 9.72. The van der Waals surface area contributed by atoms with Crippen molar-refractivity contribution in [3.63, 3.8) is 0 Å². The van der Waals surface area contributed by atoms with Crippen molar-refractivity contribution >= 4 is 0 Å². The second-order valence-corrected chi connectivity index (χ2v) is 4.62. The Morgan fingerprint density at radius 2 is 1.75 bits per heavy atom. The first-order valence-electron chi connectivity index (χ1n) is 5.62. The predicted octanol–water partition coefficient (Wildman–Crippen LogP) is 2.55. The van der Waals surface area contributed by atoms with Crippen molar-refractivity contribution in [2.75, 3.05) is 6.54 Å². The molecule has 0 spiro atoms. The molecule has 2 aliphatic carbocycles.